The number of piperazine rings is 1. The van der Waals surface area contributed by atoms with Crippen molar-refractivity contribution < 1.29 is 4.79 Å². The molecule has 0 aliphatic carbocycles. The fourth-order valence-corrected chi connectivity index (χ4v) is 1.70. The van der Waals surface area contributed by atoms with Gasteiger partial charge in [-0.15, -0.1) is 10.2 Å². The first kappa shape index (κ1) is 10.1. The summed E-state index contributed by atoms with van der Waals surface area (Å²) in [6.45, 7) is 4.38. The van der Waals surface area contributed by atoms with Crippen molar-refractivity contribution in [1.82, 2.24) is 25.4 Å². The summed E-state index contributed by atoms with van der Waals surface area (Å²) in [6, 6.07) is -0.173. The fraction of sp³-hybridized carbons (Fsp3) is 0.667. The van der Waals surface area contributed by atoms with Gasteiger partial charge in [-0.3, -0.25) is 4.79 Å². The summed E-state index contributed by atoms with van der Waals surface area (Å²) in [7, 11) is 0. The minimum Gasteiger partial charge on any atom is -0.353 e. The smallest absolute Gasteiger partial charge is 0.237 e. The van der Waals surface area contributed by atoms with Crippen LogP contribution in [-0.4, -0.2) is 39.8 Å². The van der Waals surface area contributed by atoms with Crippen LogP contribution in [0.25, 0.3) is 0 Å². The van der Waals surface area contributed by atoms with E-state index in [-0.39, 0.29) is 11.9 Å². The van der Waals surface area contributed by atoms with E-state index >= 15 is 0 Å². The minimum absolute atomic E-state index is 0.0481. The lowest BCUT2D eigenvalue weighted by Gasteiger charge is -2.22. The van der Waals surface area contributed by atoms with Crippen LogP contribution in [0.1, 0.15) is 12.7 Å². The maximum Gasteiger partial charge on any atom is 0.237 e. The first-order valence-electron chi connectivity index (χ1n) is 5.19. The SMILES string of the molecule is CCn1cnnc1CC1NCCNC1=O. The predicted octanol–water partition coefficient (Wildman–Crippen LogP) is -1.07. The molecule has 1 atom stereocenters. The van der Waals surface area contributed by atoms with Crippen molar-refractivity contribution in [2.75, 3.05) is 13.1 Å². The summed E-state index contributed by atoms with van der Waals surface area (Å²) in [5, 5.41) is 13.8. The third-order valence-corrected chi connectivity index (χ3v) is 2.55. The van der Waals surface area contributed by atoms with Gasteiger partial charge in [0.1, 0.15) is 12.2 Å². The molecule has 1 unspecified atom stereocenters. The van der Waals surface area contributed by atoms with Crippen LogP contribution < -0.4 is 10.6 Å². The number of aryl methyl sites for hydroxylation is 1. The van der Waals surface area contributed by atoms with Crippen molar-refractivity contribution in [1.29, 1.82) is 0 Å². The van der Waals surface area contributed by atoms with Crippen molar-refractivity contribution in [2.45, 2.75) is 25.9 Å². The quantitative estimate of drug-likeness (QED) is 0.665. The molecular weight excluding hydrogens is 194 g/mol. The van der Waals surface area contributed by atoms with Gasteiger partial charge in [-0.1, -0.05) is 0 Å². The van der Waals surface area contributed by atoms with E-state index in [1.807, 2.05) is 11.5 Å². The van der Waals surface area contributed by atoms with Gasteiger partial charge in [-0.2, -0.15) is 0 Å². The van der Waals surface area contributed by atoms with Crippen molar-refractivity contribution in [3.63, 3.8) is 0 Å². The Morgan fingerprint density at radius 1 is 1.60 bits per heavy atom. The summed E-state index contributed by atoms with van der Waals surface area (Å²) in [5.74, 6) is 0.902. The minimum atomic E-state index is -0.173. The molecule has 2 heterocycles. The molecule has 1 aromatic heterocycles. The Bertz CT molecular complexity index is 348. The summed E-state index contributed by atoms with van der Waals surface area (Å²) < 4.78 is 1.95. The highest BCUT2D eigenvalue weighted by atomic mass is 16.2. The lowest BCUT2D eigenvalue weighted by atomic mass is 10.1. The molecular formula is C9H15N5O. The van der Waals surface area contributed by atoms with E-state index in [2.05, 4.69) is 20.8 Å². The van der Waals surface area contributed by atoms with E-state index in [0.717, 1.165) is 18.9 Å². The highest BCUT2D eigenvalue weighted by Gasteiger charge is 2.23. The summed E-state index contributed by atoms with van der Waals surface area (Å²) in [5.41, 5.74) is 0. The number of amides is 1. The summed E-state index contributed by atoms with van der Waals surface area (Å²) in [4.78, 5) is 11.5. The molecule has 0 spiro atoms. The van der Waals surface area contributed by atoms with Gasteiger partial charge in [-0.25, -0.2) is 0 Å². The monoisotopic (exact) mass is 209 g/mol. The van der Waals surface area contributed by atoms with Crippen LogP contribution >= 0.6 is 0 Å². The molecule has 15 heavy (non-hydrogen) atoms. The molecule has 2 rings (SSSR count). The Balaban J connectivity index is 2.04. The average Bonchev–Trinajstić information content (AvgIpc) is 2.69. The van der Waals surface area contributed by atoms with Crippen LogP contribution in [-0.2, 0) is 17.8 Å². The van der Waals surface area contributed by atoms with Crippen LogP contribution in [0.15, 0.2) is 6.33 Å². The number of nitrogens with zero attached hydrogens (tertiary/aromatic N) is 3. The molecule has 1 aliphatic rings. The maximum absolute atomic E-state index is 11.5. The zero-order valence-electron chi connectivity index (χ0n) is 8.73. The van der Waals surface area contributed by atoms with E-state index < -0.39 is 0 Å². The zero-order chi connectivity index (χ0) is 10.7. The summed E-state index contributed by atoms with van der Waals surface area (Å²) >= 11 is 0. The molecule has 6 nitrogen and oxygen atoms in total. The second-order valence-electron chi connectivity index (χ2n) is 3.54. The number of nitrogens with one attached hydrogen (secondary N) is 2. The molecule has 0 bridgehead atoms. The highest BCUT2D eigenvalue weighted by Crippen LogP contribution is 2.02. The predicted molar refractivity (Wildman–Crippen MR) is 54.2 cm³/mol. The van der Waals surface area contributed by atoms with Crippen molar-refractivity contribution in [3.8, 4) is 0 Å². The Hall–Kier alpha value is -1.43. The third kappa shape index (κ3) is 2.15. The molecule has 1 fully saturated rings. The lowest BCUT2D eigenvalue weighted by Crippen LogP contribution is -2.54. The largest absolute Gasteiger partial charge is 0.353 e. The molecule has 0 radical (unpaired) electrons. The standard InChI is InChI=1S/C9H15N5O/c1-2-14-6-12-13-8(14)5-7-9(15)11-4-3-10-7/h6-7,10H,2-5H2,1H3,(H,11,15). The van der Waals surface area contributed by atoms with Crippen molar-refractivity contribution in [2.24, 2.45) is 0 Å². The Morgan fingerprint density at radius 3 is 3.20 bits per heavy atom. The number of carbonyl (C=O) groups excluding carboxylic acids is 1. The second kappa shape index (κ2) is 4.39. The van der Waals surface area contributed by atoms with Gasteiger partial charge in [0.15, 0.2) is 0 Å². The van der Waals surface area contributed by atoms with Gasteiger partial charge in [0.05, 0.1) is 6.04 Å². The molecule has 0 saturated carbocycles. The first-order chi connectivity index (χ1) is 7.31. The molecule has 1 aromatic rings. The number of aromatic nitrogens is 3. The molecule has 82 valence electrons. The van der Waals surface area contributed by atoms with Gasteiger partial charge in [0, 0.05) is 26.1 Å². The van der Waals surface area contributed by atoms with Gasteiger partial charge in [0.2, 0.25) is 5.91 Å². The van der Waals surface area contributed by atoms with Gasteiger partial charge in [-0.05, 0) is 6.92 Å². The van der Waals surface area contributed by atoms with Crippen LogP contribution in [0.3, 0.4) is 0 Å². The number of rotatable bonds is 3. The van der Waals surface area contributed by atoms with Crippen LogP contribution in [0.5, 0.6) is 0 Å². The van der Waals surface area contributed by atoms with Gasteiger partial charge in [0.25, 0.3) is 0 Å². The van der Waals surface area contributed by atoms with Crippen LogP contribution in [0.4, 0.5) is 0 Å². The third-order valence-electron chi connectivity index (χ3n) is 2.55. The second-order valence-corrected chi connectivity index (χ2v) is 3.54. The highest BCUT2D eigenvalue weighted by molar-refractivity contribution is 5.82. The van der Waals surface area contributed by atoms with Crippen LogP contribution in [0.2, 0.25) is 0 Å². The average molecular weight is 209 g/mol. The molecule has 1 aliphatic heterocycles. The summed E-state index contributed by atoms with van der Waals surface area (Å²) in [6.07, 6.45) is 2.29. The van der Waals surface area contributed by atoms with E-state index in [0.29, 0.717) is 13.0 Å². The van der Waals surface area contributed by atoms with E-state index in [1.54, 1.807) is 6.33 Å². The topological polar surface area (TPSA) is 71.8 Å². The Morgan fingerprint density at radius 2 is 2.47 bits per heavy atom. The Labute approximate surface area is 88.1 Å². The molecule has 2 N–H and O–H groups in total. The normalized spacial score (nSPS) is 21.4. The first-order valence-corrected chi connectivity index (χ1v) is 5.19. The van der Waals surface area contributed by atoms with Gasteiger partial charge >= 0.3 is 0 Å². The lowest BCUT2D eigenvalue weighted by molar-refractivity contribution is -0.124. The van der Waals surface area contributed by atoms with Gasteiger partial charge < -0.3 is 15.2 Å². The number of hydrogen-bond acceptors (Lipinski definition) is 4. The number of carbonyl (C=O) groups is 1. The van der Waals surface area contributed by atoms with E-state index in [9.17, 15) is 4.79 Å². The molecule has 1 amide bonds. The Kier molecular flexibility index (Phi) is 2.96. The maximum atomic E-state index is 11.5. The molecule has 0 aromatic carbocycles. The van der Waals surface area contributed by atoms with Crippen molar-refractivity contribution in [3.05, 3.63) is 12.2 Å². The molecule has 6 heteroatoms. The molecule has 1 saturated heterocycles. The van der Waals surface area contributed by atoms with Crippen LogP contribution in [0, 0.1) is 0 Å². The van der Waals surface area contributed by atoms with Crippen molar-refractivity contribution >= 4 is 5.91 Å². The fourth-order valence-electron chi connectivity index (χ4n) is 1.70. The number of hydrogen-bond donors (Lipinski definition) is 2. The van der Waals surface area contributed by atoms with E-state index in [4.69, 9.17) is 0 Å². The zero-order valence-corrected chi connectivity index (χ0v) is 8.73. The van der Waals surface area contributed by atoms with E-state index in [1.165, 1.54) is 0 Å².